The number of fused-ring (bicyclic) bond motifs is 1. The van der Waals surface area contributed by atoms with Crippen LogP contribution in [0.4, 0.5) is 0 Å². The van der Waals surface area contributed by atoms with Crippen molar-refractivity contribution in [3.63, 3.8) is 0 Å². The number of aromatic nitrogens is 1. The first-order valence-electron chi connectivity index (χ1n) is 4.71. The number of nitrogens with zero attached hydrogens (tertiary/aromatic N) is 2. The molecule has 3 nitrogen and oxygen atoms in total. The smallest absolute Gasteiger partial charge is 0.220 e. The maximum absolute atomic E-state index is 9.27. The van der Waals surface area contributed by atoms with Crippen LogP contribution in [0.5, 0.6) is 5.75 Å². The Hall–Kier alpha value is -2.08. The summed E-state index contributed by atoms with van der Waals surface area (Å²) in [6, 6.07) is 8.90. The van der Waals surface area contributed by atoms with Gasteiger partial charge in [-0.25, -0.2) is 6.57 Å². The van der Waals surface area contributed by atoms with Crippen LogP contribution >= 0.6 is 0 Å². The van der Waals surface area contributed by atoms with Crippen molar-refractivity contribution in [1.82, 2.24) is 4.98 Å². The van der Waals surface area contributed by atoms with E-state index in [-0.39, 0.29) is 5.75 Å². The fourth-order valence-corrected chi connectivity index (χ4v) is 1.46. The molecular formula is C12H10N2O. The molecule has 1 aromatic carbocycles. The number of phenols is 1. The van der Waals surface area contributed by atoms with E-state index in [0.29, 0.717) is 13.0 Å². The topological polar surface area (TPSA) is 37.5 Å². The van der Waals surface area contributed by atoms with Crippen LogP contribution in [0.2, 0.25) is 0 Å². The summed E-state index contributed by atoms with van der Waals surface area (Å²) in [5.41, 5.74) is 1.78. The van der Waals surface area contributed by atoms with E-state index < -0.39 is 0 Å². The van der Waals surface area contributed by atoms with Crippen LogP contribution in [-0.4, -0.2) is 16.6 Å². The zero-order valence-corrected chi connectivity index (χ0v) is 8.14. The highest BCUT2D eigenvalue weighted by molar-refractivity contribution is 5.80. The Bertz CT molecular complexity index is 529. The van der Waals surface area contributed by atoms with Gasteiger partial charge in [-0.3, -0.25) is 4.98 Å². The Kier molecular flexibility index (Phi) is 2.51. The van der Waals surface area contributed by atoms with Crippen molar-refractivity contribution in [2.24, 2.45) is 0 Å². The lowest BCUT2D eigenvalue weighted by atomic mass is 10.1. The minimum atomic E-state index is 0.248. The average Bonchev–Trinajstić information content (AvgIpc) is 2.26. The predicted octanol–water partition coefficient (Wildman–Crippen LogP) is 2.40. The molecule has 0 aliphatic carbocycles. The van der Waals surface area contributed by atoms with Gasteiger partial charge in [0.05, 0.1) is 11.9 Å². The van der Waals surface area contributed by atoms with Crippen LogP contribution in [-0.2, 0) is 6.42 Å². The van der Waals surface area contributed by atoms with E-state index in [9.17, 15) is 5.11 Å². The zero-order chi connectivity index (χ0) is 10.7. The molecule has 2 aromatic rings. The maximum Gasteiger partial charge on any atom is 0.220 e. The Labute approximate surface area is 87.8 Å². The molecule has 0 fully saturated rings. The SMILES string of the molecule is [C-]#[N+]CCc1ccc2cc(O)ccc2n1. The van der Waals surface area contributed by atoms with Crippen LogP contribution in [0.1, 0.15) is 5.69 Å². The molecule has 0 radical (unpaired) electrons. The van der Waals surface area contributed by atoms with Gasteiger partial charge in [-0.05, 0) is 24.3 Å². The standard InChI is InChI=1S/C12H10N2O/c1-13-7-6-10-3-2-9-8-11(15)4-5-12(9)14-10/h2-5,8,15H,6-7H2. The second kappa shape index (κ2) is 3.97. The quantitative estimate of drug-likeness (QED) is 0.752. The lowest BCUT2D eigenvalue weighted by Gasteiger charge is -2.00. The lowest BCUT2D eigenvalue weighted by Crippen LogP contribution is -1.92. The second-order valence-electron chi connectivity index (χ2n) is 3.31. The molecule has 0 aliphatic rings. The Morgan fingerprint density at radius 2 is 2.13 bits per heavy atom. The summed E-state index contributed by atoms with van der Waals surface area (Å²) in [4.78, 5) is 7.69. The van der Waals surface area contributed by atoms with Gasteiger partial charge in [-0.15, -0.1) is 0 Å². The number of aromatic hydroxyl groups is 1. The Balaban J connectivity index is 2.40. The number of hydrogen-bond donors (Lipinski definition) is 1. The van der Waals surface area contributed by atoms with E-state index in [4.69, 9.17) is 6.57 Å². The van der Waals surface area contributed by atoms with Gasteiger partial charge < -0.3 is 9.95 Å². The van der Waals surface area contributed by atoms with Crippen LogP contribution in [0, 0.1) is 6.57 Å². The first-order valence-corrected chi connectivity index (χ1v) is 4.71. The fourth-order valence-electron chi connectivity index (χ4n) is 1.46. The molecule has 1 aromatic heterocycles. The minimum Gasteiger partial charge on any atom is -0.508 e. The van der Waals surface area contributed by atoms with E-state index in [2.05, 4.69) is 9.83 Å². The highest BCUT2D eigenvalue weighted by Gasteiger charge is 2.00. The first kappa shape index (κ1) is 9.47. The lowest BCUT2D eigenvalue weighted by molar-refractivity contribution is 0.476. The molecule has 3 heteroatoms. The summed E-state index contributed by atoms with van der Waals surface area (Å²) in [7, 11) is 0. The number of phenolic OH excluding ortho intramolecular Hbond substituents is 1. The largest absolute Gasteiger partial charge is 0.508 e. The monoisotopic (exact) mass is 198 g/mol. The molecule has 0 bridgehead atoms. The summed E-state index contributed by atoms with van der Waals surface area (Å²) < 4.78 is 0. The van der Waals surface area contributed by atoms with Crippen LogP contribution < -0.4 is 0 Å². The van der Waals surface area contributed by atoms with Crippen molar-refractivity contribution in [2.45, 2.75) is 6.42 Å². The van der Waals surface area contributed by atoms with Crippen molar-refractivity contribution in [1.29, 1.82) is 0 Å². The Morgan fingerprint density at radius 1 is 1.27 bits per heavy atom. The average molecular weight is 198 g/mol. The van der Waals surface area contributed by atoms with Gasteiger partial charge in [-0.1, -0.05) is 6.07 Å². The third-order valence-corrected chi connectivity index (χ3v) is 2.21. The summed E-state index contributed by atoms with van der Waals surface area (Å²) in [6.07, 6.45) is 0.681. The molecule has 15 heavy (non-hydrogen) atoms. The molecule has 0 atom stereocenters. The van der Waals surface area contributed by atoms with Gasteiger partial charge in [0.25, 0.3) is 0 Å². The van der Waals surface area contributed by atoms with E-state index >= 15 is 0 Å². The third-order valence-electron chi connectivity index (χ3n) is 2.21. The summed E-state index contributed by atoms with van der Waals surface area (Å²) in [5, 5.41) is 10.2. The number of hydrogen-bond acceptors (Lipinski definition) is 2. The van der Waals surface area contributed by atoms with Gasteiger partial charge in [0.2, 0.25) is 6.54 Å². The molecule has 0 unspecified atom stereocenters. The molecule has 0 spiro atoms. The molecule has 1 N–H and O–H groups in total. The van der Waals surface area contributed by atoms with Gasteiger partial charge in [0.15, 0.2) is 0 Å². The van der Waals surface area contributed by atoms with E-state index in [0.717, 1.165) is 16.6 Å². The second-order valence-corrected chi connectivity index (χ2v) is 3.31. The van der Waals surface area contributed by atoms with Crippen LogP contribution in [0.3, 0.4) is 0 Å². The molecule has 0 saturated heterocycles. The van der Waals surface area contributed by atoms with Gasteiger partial charge in [-0.2, -0.15) is 0 Å². The van der Waals surface area contributed by atoms with E-state index in [1.54, 1.807) is 18.2 Å². The summed E-state index contributed by atoms with van der Waals surface area (Å²) >= 11 is 0. The van der Waals surface area contributed by atoms with Crippen molar-refractivity contribution in [3.05, 3.63) is 47.4 Å². The minimum absolute atomic E-state index is 0.248. The van der Waals surface area contributed by atoms with Gasteiger partial charge in [0, 0.05) is 11.1 Å². The Morgan fingerprint density at radius 3 is 2.93 bits per heavy atom. The molecule has 0 amide bonds. The highest BCUT2D eigenvalue weighted by atomic mass is 16.3. The molecule has 2 rings (SSSR count). The van der Waals surface area contributed by atoms with Gasteiger partial charge >= 0.3 is 0 Å². The van der Waals surface area contributed by atoms with Gasteiger partial charge in [0.1, 0.15) is 5.75 Å². The summed E-state index contributed by atoms with van der Waals surface area (Å²) in [6.45, 7) is 7.18. The molecule has 0 saturated carbocycles. The normalized spacial score (nSPS) is 10.1. The first-order chi connectivity index (χ1) is 7.29. The highest BCUT2D eigenvalue weighted by Crippen LogP contribution is 2.18. The number of pyridine rings is 1. The molecular weight excluding hydrogens is 188 g/mol. The van der Waals surface area contributed by atoms with Crippen molar-refractivity contribution in [3.8, 4) is 5.75 Å². The molecule has 74 valence electrons. The summed E-state index contributed by atoms with van der Waals surface area (Å²) in [5.74, 6) is 0.248. The predicted molar refractivity (Wildman–Crippen MR) is 58.6 cm³/mol. The van der Waals surface area contributed by atoms with E-state index in [1.807, 2.05) is 12.1 Å². The van der Waals surface area contributed by atoms with Crippen molar-refractivity contribution < 1.29 is 5.11 Å². The molecule has 0 aliphatic heterocycles. The van der Waals surface area contributed by atoms with Crippen LogP contribution in [0.25, 0.3) is 15.7 Å². The van der Waals surface area contributed by atoms with Crippen molar-refractivity contribution >= 4 is 10.9 Å². The number of benzene rings is 1. The van der Waals surface area contributed by atoms with Crippen molar-refractivity contribution in [2.75, 3.05) is 6.54 Å². The van der Waals surface area contributed by atoms with Crippen LogP contribution in [0.15, 0.2) is 30.3 Å². The fraction of sp³-hybridized carbons (Fsp3) is 0.167. The number of rotatable bonds is 2. The molecule has 1 heterocycles. The van der Waals surface area contributed by atoms with E-state index in [1.165, 1.54) is 0 Å². The third kappa shape index (κ3) is 2.05. The maximum atomic E-state index is 9.27. The zero-order valence-electron chi connectivity index (χ0n) is 8.14.